The summed E-state index contributed by atoms with van der Waals surface area (Å²) in [6.45, 7) is 10.8. The number of nitrogens with two attached hydrogens (primary N) is 1. The highest BCUT2D eigenvalue weighted by atomic mass is 16.7. The van der Waals surface area contributed by atoms with E-state index in [1.807, 2.05) is 20.8 Å². The number of hydrogen-bond donors (Lipinski definition) is 2. The standard InChI is InChI=1S/C27H41NO9/c1-7-10-13-34-26(33)35-19(6)15-27(28,25(31)32)16-20-11-12-21(36-23(29)17(4)8-2)22(14-20)37-24(30)18(5)9-3/h11-12,14,17-19H,7-10,13,15-16,28H2,1-6H3,(H,31,32)/t17?,18?,19-,27?/m0/s1. The Hall–Kier alpha value is -3.14. The summed E-state index contributed by atoms with van der Waals surface area (Å²) in [7, 11) is 0. The van der Waals surface area contributed by atoms with Gasteiger partial charge in [0.25, 0.3) is 0 Å². The Bertz CT molecular complexity index is 932. The van der Waals surface area contributed by atoms with Crippen molar-refractivity contribution < 1.29 is 43.2 Å². The van der Waals surface area contributed by atoms with Crippen LogP contribution in [0.4, 0.5) is 4.79 Å². The van der Waals surface area contributed by atoms with Crippen LogP contribution in [0.5, 0.6) is 11.5 Å². The fourth-order valence-corrected chi connectivity index (χ4v) is 3.23. The van der Waals surface area contributed by atoms with Crippen molar-refractivity contribution in [1.82, 2.24) is 0 Å². The number of carboxylic acid groups (broad SMARTS) is 1. The molecular weight excluding hydrogens is 482 g/mol. The second-order valence-electron chi connectivity index (χ2n) is 9.46. The fourth-order valence-electron chi connectivity index (χ4n) is 3.23. The maximum atomic E-state index is 12.5. The van der Waals surface area contributed by atoms with Crippen molar-refractivity contribution in [3.63, 3.8) is 0 Å². The van der Waals surface area contributed by atoms with Crippen molar-refractivity contribution in [2.24, 2.45) is 17.6 Å². The monoisotopic (exact) mass is 523 g/mol. The number of aliphatic carboxylic acids is 1. The second-order valence-corrected chi connectivity index (χ2v) is 9.46. The van der Waals surface area contributed by atoms with Gasteiger partial charge in [-0.15, -0.1) is 0 Å². The minimum Gasteiger partial charge on any atom is -0.480 e. The van der Waals surface area contributed by atoms with Gasteiger partial charge in [-0.25, -0.2) is 4.79 Å². The average Bonchev–Trinajstić information content (AvgIpc) is 2.84. The van der Waals surface area contributed by atoms with Gasteiger partial charge in [-0.3, -0.25) is 14.4 Å². The van der Waals surface area contributed by atoms with Gasteiger partial charge in [0.05, 0.1) is 18.4 Å². The van der Waals surface area contributed by atoms with Crippen molar-refractivity contribution in [2.75, 3.05) is 6.61 Å². The topological polar surface area (TPSA) is 151 Å². The summed E-state index contributed by atoms with van der Waals surface area (Å²) in [5.41, 5.74) is 4.86. The zero-order valence-corrected chi connectivity index (χ0v) is 22.7. The number of esters is 2. The van der Waals surface area contributed by atoms with Gasteiger partial charge in [0.1, 0.15) is 11.6 Å². The van der Waals surface area contributed by atoms with Crippen LogP contribution in [0.3, 0.4) is 0 Å². The number of hydrogen-bond acceptors (Lipinski definition) is 9. The van der Waals surface area contributed by atoms with Gasteiger partial charge in [-0.1, -0.05) is 47.1 Å². The quantitative estimate of drug-likeness (QED) is 0.189. The van der Waals surface area contributed by atoms with Crippen LogP contribution in [0.1, 0.15) is 79.2 Å². The highest BCUT2D eigenvalue weighted by Gasteiger charge is 2.37. The fraction of sp³-hybridized carbons (Fsp3) is 0.630. The zero-order valence-electron chi connectivity index (χ0n) is 22.7. The van der Waals surface area contributed by atoms with Crippen LogP contribution in [-0.4, -0.2) is 47.4 Å². The smallest absolute Gasteiger partial charge is 0.480 e. The first-order valence-corrected chi connectivity index (χ1v) is 12.8. The predicted molar refractivity (Wildman–Crippen MR) is 136 cm³/mol. The largest absolute Gasteiger partial charge is 0.508 e. The summed E-state index contributed by atoms with van der Waals surface area (Å²) >= 11 is 0. The molecule has 10 nitrogen and oxygen atoms in total. The Morgan fingerprint density at radius 3 is 2.03 bits per heavy atom. The van der Waals surface area contributed by atoms with Crippen molar-refractivity contribution in [1.29, 1.82) is 0 Å². The molecule has 208 valence electrons. The van der Waals surface area contributed by atoms with Gasteiger partial charge in [0, 0.05) is 12.8 Å². The van der Waals surface area contributed by atoms with Gasteiger partial charge in [0.15, 0.2) is 11.5 Å². The molecule has 0 saturated carbocycles. The molecule has 0 radical (unpaired) electrons. The van der Waals surface area contributed by atoms with Crippen LogP contribution in [0.25, 0.3) is 0 Å². The molecule has 0 saturated heterocycles. The van der Waals surface area contributed by atoms with Crippen LogP contribution < -0.4 is 15.2 Å². The first kappa shape index (κ1) is 31.9. The lowest BCUT2D eigenvalue weighted by molar-refractivity contribution is -0.145. The van der Waals surface area contributed by atoms with Gasteiger partial charge in [0.2, 0.25) is 0 Å². The maximum Gasteiger partial charge on any atom is 0.508 e. The van der Waals surface area contributed by atoms with E-state index >= 15 is 0 Å². The first-order valence-electron chi connectivity index (χ1n) is 12.8. The Morgan fingerprint density at radius 1 is 0.946 bits per heavy atom. The SMILES string of the molecule is CCCCOC(=O)O[C@@H](C)CC(N)(Cc1ccc(OC(=O)C(C)CC)c(OC(=O)C(C)CC)c1)C(=O)O. The summed E-state index contributed by atoms with van der Waals surface area (Å²) in [5, 5.41) is 9.88. The van der Waals surface area contributed by atoms with E-state index in [2.05, 4.69) is 0 Å². The van der Waals surface area contributed by atoms with Gasteiger partial charge in [-0.2, -0.15) is 0 Å². The van der Waals surface area contributed by atoms with Gasteiger partial charge >= 0.3 is 24.1 Å². The second kappa shape index (κ2) is 15.2. The lowest BCUT2D eigenvalue weighted by Gasteiger charge is -2.28. The molecule has 3 unspecified atom stereocenters. The lowest BCUT2D eigenvalue weighted by Crippen LogP contribution is -2.52. The molecule has 0 amide bonds. The lowest BCUT2D eigenvalue weighted by atomic mass is 9.86. The maximum absolute atomic E-state index is 12.5. The van der Waals surface area contributed by atoms with E-state index in [1.165, 1.54) is 19.1 Å². The highest BCUT2D eigenvalue weighted by Crippen LogP contribution is 2.32. The Kier molecular flexibility index (Phi) is 13.1. The van der Waals surface area contributed by atoms with Crippen LogP contribution in [-0.2, 0) is 30.3 Å². The molecule has 1 rings (SSSR count). The molecule has 1 aromatic rings. The molecule has 1 aromatic carbocycles. The van der Waals surface area contributed by atoms with Crippen molar-refractivity contribution in [3.05, 3.63) is 23.8 Å². The van der Waals surface area contributed by atoms with Crippen molar-refractivity contribution in [2.45, 2.75) is 91.7 Å². The van der Waals surface area contributed by atoms with E-state index in [-0.39, 0.29) is 36.9 Å². The third kappa shape index (κ3) is 10.4. The molecule has 0 heterocycles. The molecule has 0 bridgehead atoms. The van der Waals surface area contributed by atoms with E-state index < -0.39 is 41.6 Å². The van der Waals surface area contributed by atoms with Crippen molar-refractivity contribution >= 4 is 24.1 Å². The van der Waals surface area contributed by atoms with E-state index in [4.69, 9.17) is 24.7 Å². The van der Waals surface area contributed by atoms with E-state index in [1.54, 1.807) is 19.9 Å². The molecule has 0 aliphatic rings. The number of carbonyl (C=O) groups is 4. The summed E-state index contributed by atoms with van der Waals surface area (Å²) in [6.07, 6.45) is 0.550. The molecule has 0 fully saturated rings. The third-order valence-electron chi connectivity index (χ3n) is 6.07. The normalized spacial score (nSPS) is 15.0. The van der Waals surface area contributed by atoms with E-state index in [9.17, 15) is 24.3 Å². The number of unbranched alkanes of at least 4 members (excludes halogenated alkanes) is 1. The summed E-state index contributed by atoms with van der Waals surface area (Å²) < 4.78 is 21.1. The molecule has 0 spiro atoms. The zero-order chi connectivity index (χ0) is 28.2. The molecule has 4 atom stereocenters. The third-order valence-corrected chi connectivity index (χ3v) is 6.07. The minimum absolute atomic E-state index is 0.00371. The Balaban J connectivity index is 3.15. The summed E-state index contributed by atoms with van der Waals surface area (Å²) in [5.74, 6) is -3.01. The molecule has 0 aromatic heterocycles. The minimum atomic E-state index is -1.81. The van der Waals surface area contributed by atoms with E-state index in [0.29, 0.717) is 24.8 Å². The molecule has 10 heteroatoms. The number of carboxylic acids is 1. The highest BCUT2D eigenvalue weighted by molar-refractivity contribution is 5.80. The Morgan fingerprint density at radius 2 is 1.51 bits per heavy atom. The molecule has 0 aliphatic carbocycles. The van der Waals surface area contributed by atoms with Crippen LogP contribution in [0.15, 0.2) is 18.2 Å². The van der Waals surface area contributed by atoms with Crippen LogP contribution >= 0.6 is 0 Å². The number of rotatable bonds is 15. The first-order chi connectivity index (χ1) is 17.4. The number of benzene rings is 1. The molecular formula is C27H41NO9. The average molecular weight is 524 g/mol. The predicted octanol–water partition coefficient (Wildman–Crippen LogP) is 4.65. The Labute approximate surface area is 218 Å². The molecule has 37 heavy (non-hydrogen) atoms. The molecule has 0 aliphatic heterocycles. The van der Waals surface area contributed by atoms with Gasteiger partial charge < -0.3 is 29.8 Å². The molecule has 3 N–H and O–H groups in total. The summed E-state index contributed by atoms with van der Waals surface area (Å²) in [6, 6.07) is 4.44. The van der Waals surface area contributed by atoms with Gasteiger partial charge in [-0.05, 0) is 43.9 Å². The van der Waals surface area contributed by atoms with Crippen LogP contribution in [0.2, 0.25) is 0 Å². The number of ether oxygens (including phenoxy) is 4. The summed E-state index contributed by atoms with van der Waals surface area (Å²) in [4.78, 5) is 48.8. The van der Waals surface area contributed by atoms with Crippen molar-refractivity contribution in [3.8, 4) is 11.5 Å². The van der Waals surface area contributed by atoms with E-state index in [0.717, 1.165) is 6.42 Å². The number of carbonyl (C=O) groups excluding carboxylic acids is 3. The van der Waals surface area contributed by atoms with Crippen LogP contribution in [0, 0.1) is 11.8 Å².